The largest absolute Gasteiger partial charge is 0.451 e. The number of aromatic nitrogens is 2. The number of rotatable bonds is 4. The van der Waals surface area contributed by atoms with Gasteiger partial charge in [0.25, 0.3) is 0 Å². The van der Waals surface area contributed by atoms with Crippen molar-refractivity contribution >= 4 is 23.4 Å². The molecule has 112 valence electrons. The van der Waals surface area contributed by atoms with Gasteiger partial charge in [-0.3, -0.25) is 0 Å². The summed E-state index contributed by atoms with van der Waals surface area (Å²) in [6.45, 7) is 2.71. The SMILES string of the molecule is CNc1cc(NCC2(C)CCCS2)nc(C(F)(F)F)n1. The van der Waals surface area contributed by atoms with E-state index in [0.717, 1.165) is 18.6 Å². The molecule has 1 aliphatic rings. The molecule has 0 radical (unpaired) electrons. The fourth-order valence-corrected chi connectivity index (χ4v) is 3.29. The Bertz CT molecular complexity index is 472. The van der Waals surface area contributed by atoms with Crippen LogP contribution in [0.25, 0.3) is 0 Å². The minimum atomic E-state index is -4.55. The fraction of sp³-hybridized carbons (Fsp3) is 0.667. The number of nitrogens with zero attached hydrogens (tertiary/aromatic N) is 2. The van der Waals surface area contributed by atoms with Gasteiger partial charge in [0, 0.05) is 24.4 Å². The van der Waals surface area contributed by atoms with Crippen molar-refractivity contribution in [2.75, 3.05) is 30.0 Å². The summed E-state index contributed by atoms with van der Waals surface area (Å²) in [6.07, 6.45) is -2.35. The molecule has 0 aromatic carbocycles. The van der Waals surface area contributed by atoms with E-state index in [2.05, 4.69) is 27.5 Å². The predicted molar refractivity (Wildman–Crippen MR) is 75.2 cm³/mol. The lowest BCUT2D eigenvalue weighted by molar-refractivity contribution is -0.144. The Morgan fingerprint density at radius 1 is 1.35 bits per heavy atom. The molecular formula is C12H17F3N4S. The highest BCUT2D eigenvalue weighted by molar-refractivity contribution is 8.00. The molecule has 1 aromatic rings. The first-order valence-corrected chi connectivity index (χ1v) is 7.33. The van der Waals surface area contributed by atoms with Gasteiger partial charge in [-0.2, -0.15) is 24.9 Å². The molecule has 0 spiro atoms. The van der Waals surface area contributed by atoms with Gasteiger partial charge in [-0.1, -0.05) is 0 Å². The lowest BCUT2D eigenvalue weighted by Crippen LogP contribution is -2.27. The molecule has 1 unspecified atom stereocenters. The van der Waals surface area contributed by atoms with E-state index in [1.54, 1.807) is 0 Å². The van der Waals surface area contributed by atoms with E-state index >= 15 is 0 Å². The van der Waals surface area contributed by atoms with Crippen LogP contribution >= 0.6 is 11.8 Å². The Labute approximate surface area is 120 Å². The van der Waals surface area contributed by atoms with Crippen molar-refractivity contribution in [1.82, 2.24) is 9.97 Å². The first kappa shape index (κ1) is 15.2. The lowest BCUT2D eigenvalue weighted by Gasteiger charge is -2.23. The number of nitrogens with one attached hydrogen (secondary N) is 2. The van der Waals surface area contributed by atoms with Crippen LogP contribution in [0, 0.1) is 0 Å². The summed E-state index contributed by atoms with van der Waals surface area (Å²) in [7, 11) is 1.53. The maximum absolute atomic E-state index is 12.7. The van der Waals surface area contributed by atoms with Crippen LogP contribution in [0.2, 0.25) is 0 Å². The van der Waals surface area contributed by atoms with Crippen molar-refractivity contribution in [1.29, 1.82) is 0 Å². The summed E-state index contributed by atoms with van der Waals surface area (Å²) in [4.78, 5) is 6.98. The third-order valence-electron chi connectivity index (χ3n) is 3.18. The number of halogens is 3. The Kier molecular flexibility index (Phi) is 4.31. The van der Waals surface area contributed by atoms with Crippen LogP contribution in [0.1, 0.15) is 25.6 Å². The minimum absolute atomic E-state index is 0.0587. The first-order valence-electron chi connectivity index (χ1n) is 6.34. The van der Waals surface area contributed by atoms with Gasteiger partial charge in [0.15, 0.2) is 0 Å². The molecule has 1 aliphatic heterocycles. The Morgan fingerprint density at radius 3 is 2.60 bits per heavy atom. The topological polar surface area (TPSA) is 49.8 Å². The molecular weight excluding hydrogens is 289 g/mol. The van der Waals surface area contributed by atoms with Gasteiger partial charge in [-0.25, -0.2) is 9.97 Å². The van der Waals surface area contributed by atoms with Crippen molar-refractivity contribution in [2.24, 2.45) is 0 Å². The number of alkyl halides is 3. The Balaban J connectivity index is 2.14. The molecule has 1 atom stereocenters. The van der Waals surface area contributed by atoms with Gasteiger partial charge in [0.2, 0.25) is 5.82 Å². The smallest absolute Gasteiger partial charge is 0.373 e. The summed E-state index contributed by atoms with van der Waals surface area (Å²) < 4.78 is 38.2. The molecule has 0 saturated carbocycles. The minimum Gasteiger partial charge on any atom is -0.373 e. The predicted octanol–water partition coefficient (Wildman–Crippen LogP) is 3.23. The van der Waals surface area contributed by atoms with E-state index in [4.69, 9.17) is 0 Å². The molecule has 1 fully saturated rings. The third-order valence-corrected chi connectivity index (χ3v) is 4.72. The van der Waals surface area contributed by atoms with Crippen molar-refractivity contribution in [3.63, 3.8) is 0 Å². The normalized spacial score (nSPS) is 22.9. The van der Waals surface area contributed by atoms with E-state index in [1.807, 2.05) is 11.8 Å². The molecule has 2 N–H and O–H groups in total. The van der Waals surface area contributed by atoms with E-state index in [9.17, 15) is 13.2 Å². The summed E-state index contributed by atoms with van der Waals surface area (Å²) >= 11 is 1.84. The number of hydrogen-bond donors (Lipinski definition) is 2. The average molecular weight is 306 g/mol. The highest BCUT2D eigenvalue weighted by atomic mass is 32.2. The quantitative estimate of drug-likeness (QED) is 0.894. The molecule has 20 heavy (non-hydrogen) atoms. The summed E-state index contributed by atoms with van der Waals surface area (Å²) in [5, 5.41) is 5.62. The first-order chi connectivity index (χ1) is 9.32. The molecule has 0 aliphatic carbocycles. The van der Waals surface area contributed by atoms with E-state index < -0.39 is 12.0 Å². The molecule has 1 aromatic heterocycles. The zero-order valence-corrected chi connectivity index (χ0v) is 12.2. The Morgan fingerprint density at radius 2 is 2.05 bits per heavy atom. The van der Waals surface area contributed by atoms with Crippen LogP contribution in [0.4, 0.5) is 24.8 Å². The molecule has 8 heteroatoms. The van der Waals surface area contributed by atoms with E-state index in [0.29, 0.717) is 6.54 Å². The van der Waals surface area contributed by atoms with E-state index in [-0.39, 0.29) is 16.4 Å². The fourth-order valence-electron chi connectivity index (χ4n) is 2.05. The highest BCUT2D eigenvalue weighted by Crippen LogP contribution is 2.37. The summed E-state index contributed by atoms with van der Waals surface area (Å²) in [5.74, 6) is 0.317. The van der Waals surface area contributed by atoms with Crippen LogP contribution in [0.15, 0.2) is 6.07 Å². The highest BCUT2D eigenvalue weighted by Gasteiger charge is 2.36. The van der Waals surface area contributed by atoms with Crippen molar-refractivity contribution < 1.29 is 13.2 Å². The van der Waals surface area contributed by atoms with Gasteiger partial charge >= 0.3 is 6.18 Å². The molecule has 0 amide bonds. The van der Waals surface area contributed by atoms with Crippen molar-refractivity contribution in [3.05, 3.63) is 11.9 Å². The molecule has 1 saturated heterocycles. The van der Waals surface area contributed by atoms with Crippen LogP contribution in [0.5, 0.6) is 0 Å². The number of hydrogen-bond acceptors (Lipinski definition) is 5. The van der Waals surface area contributed by atoms with Crippen molar-refractivity contribution in [3.8, 4) is 0 Å². The van der Waals surface area contributed by atoms with Gasteiger partial charge in [0.05, 0.1) is 0 Å². The average Bonchev–Trinajstić information content (AvgIpc) is 2.82. The van der Waals surface area contributed by atoms with Crippen LogP contribution in [-0.2, 0) is 6.18 Å². The maximum atomic E-state index is 12.7. The number of anilines is 2. The van der Waals surface area contributed by atoms with Crippen LogP contribution in [0.3, 0.4) is 0 Å². The standard InChI is InChI=1S/C12H17F3N4S/c1-11(4-3-5-20-11)7-17-9-6-8(16-2)18-10(19-9)12(13,14)15/h6H,3-5,7H2,1-2H3,(H2,16,17,18,19). The molecule has 2 rings (SSSR count). The lowest BCUT2D eigenvalue weighted by atomic mass is 10.1. The van der Waals surface area contributed by atoms with Gasteiger partial charge in [-0.15, -0.1) is 0 Å². The van der Waals surface area contributed by atoms with Crippen molar-refractivity contribution in [2.45, 2.75) is 30.7 Å². The third kappa shape index (κ3) is 3.68. The maximum Gasteiger partial charge on any atom is 0.451 e. The van der Waals surface area contributed by atoms with Gasteiger partial charge in [0.1, 0.15) is 11.6 Å². The molecule has 2 heterocycles. The van der Waals surface area contributed by atoms with E-state index in [1.165, 1.54) is 13.1 Å². The summed E-state index contributed by atoms with van der Waals surface area (Å²) in [5.41, 5.74) is 0. The second-order valence-electron chi connectivity index (χ2n) is 4.97. The Hall–Kier alpha value is -1.18. The van der Waals surface area contributed by atoms with Gasteiger partial charge in [-0.05, 0) is 25.5 Å². The zero-order valence-electron chi connectivity index (χ0n) is 11.3. The van der Waals surface area contributed by atoms with Gasteiger partial charge < -0.3 is 10.6 Å². The van der Waals surface area contributed by atoms with Crippen LogP contribution in [-0.4, -0.2) is 34.1 Å². The summed E-state index contributed by atoms with van der Waals surface area (Å²) in [6, 6.07) is 1.48. The zero-order chi connectivity index (χ0) is 14.8. The van der Waals surface area contributed by atoms with Crippen LogP contribution < -0.4 is 10.6 Å². The second-order valence-corrected chi connectivity index (χ2v) is 6.65. The number of thioether (sulfide) groups is 1. The monoisotopic (exact) mass is 306 g/mol. The second kappa shape index (κ2) is 5.67. The molecule has 0 bridgehead atoms. The molecule has 4 nitrogen and oxygen atoms in total.